The highest BCUT2D eigenvalue weighted by Gasteiger charge is 2.31. The Morgan fingerprint density at radius 3 is 2.81 bits per heavy atom. The fourth-order valence-corrected chi connectivity index (χ4v) is 3.06. The zero-order valence-electron chi connectivity index (χ0n) is 10.3. The fraction of sp³-hybridized carbons (Fsp3) is 0.833. The van der Waals surface area contributed by atoms with Crippen molar-refractivity contribution in [1.29, 1.82) is 0 Å². The lowest BCUT2D eigenvalue weighted by Gasteiger charge is -2.36. The van der Waals surface area contributed by atoms with Gasteiger partial charge in [0.05, 0.1) is 0 Å². The standard InChI is InChI=1S/C12H20ClN3/c1-4-10-14-15-11(13)16(10)9-6-5-7-12(2,3)8-9/h9H,4-8H2,1-3H3. The van der Waals surface area contributed by atoms with Gasteiger partial charge in [0.15, 0.2) is 0 Å². The zero-order chi connectivity index (χ0) is 11.8. The molecule has 1 aliphatic rings. The van der Waals surface area contributed by atoms with E-state index in [2.05, 4.69) is 35.5 Å². The Morgan fingerprint density at radius 1 is 1.44 bits per heavy atom. The summed E-state index contributed by atoms with van der Waals surface area (Å²) in [6.45, 7) is 6.77. The van der Waals surface area contributed by atoms with Crippen LogP contribution in [-0.4, -0.2) is 14.8 Å². The van der Waals surface area contributed by atoms with E-state index in [0.29, 0.717) is 16.7 Å². The van der Waals surface area contributed by atoms with E-state index in [0.717, 1.165) is 12.2 Å². The van der Waals surface area contributed by atoms with Gasteiger partial charge in [-0.15, -0.1) is 10.2 Å². The molecule has 0 aliphatic heterocycles. The van der Waals surface area contributed by atoms with Gasteiger partial charge in [0.2, 0.25) is 5.28 Å². The molecule has 0 N–H and O–H groups in total. The Morgan fingerprint density at radius 2 is 2.19 bits per heavy atom. The molecule has 1 aliphatic carbocycles. The molecule has 1 heterocycles. The molecule has 2 rings (SSSR count). The minimum Gasteiger partial charge on any atom is -0.299 e. The molecular weight excluding hydrogens is 222 g/mol. The van der Waals surface area contributed by atoms with Gasteiger partial charge in [-0.2, -0.15) is 0 Å². The molecule has 0 bridgehead atoms. The molecule has 0 radical (unpaired) electrons. The molecule has 1 aromatic heterocycles. The lowest BCUT2D eigenvalue weighted by atomic mass is 9.75. The van der Waals surface area contributed by atoms with Crippen molar-refractivity contribution < 1.29 is 0 Å². The highest BCUT2D eigenvalue weighted by Crippen LogP contribution is 2.42. The minimum atomic E-state index is 0.418. The maximum Gasteiger partial charge on any atom is 0.225 e. The number of halogens is 1. The van der Waals surface area contributed by atoms with Crippen LogP contribution in [-0.2, 0) is 6.42 Å². The molecule has 1 fully saturated rings. The lowest BCUT2D eigenvalue weighted by Crippen LogP contribution is -2.26. The number of nitrogens with zero attached hydrogens (tertiary/aromatic N) is 3. The third kappa shape index (κ3) is 2.24. The van der Waals surface area contributed by atoms with E-state index in [1.54, 1.807) is 0 Å². The Hall–Kier alpha value is -0.570. The van der Waals surface area contributed by atoms with E-state index < -0.39 is 0 Å². The third-order valence-electron chi connectivity index (χ3n) is 3.59. The molecule has 0 saturated heterocycles. The van der Waals surface area contributed by atoms with Crippen LogP contribution in [0, 0.1) is 5.41 Å². The zero-order valence-corrected chi connectivity index (χ0v) is 11.1. The molecule has 1 saturated carbocycles. The highest BCUT2D eigenvalue weighted by molar-refractivity contribution is 6.28. The van der Waals surface area contributed by atoms with Gasteiger partial charge in [-0.05, 0) is 36.3 Å². The predicted molar refractivity (Wildman–Crippen MR) is 65.7 cm³/mol. The van der Waals surface area contributed by atoms with E-state index >= 15 is 0 Å². The van der Waals surface area contributed by atoms with Gasteiger partial charge in [0.1, 0.15) is 5.82 Å². The molecule has 4 heteroatoms. The van der Waals surface area contributed by atoms with Crippen molar-refractivity contribution >= 4 is 11.6 Å². The average Bonchev–Trinajstić information content (AvgIpc) is 2.58. The van der Waals surface area contributed by atoms with Gasteiger partial charge in [-0.3, -0.25) is 4.57 Å². The normalized spacial score (nSPS) is 24.6. The average molecular weight is 242 g/mol. The van der Waals surface area contributed by atoms with E-state index in [1.165, 1.54) is 25.7 Å². The molecule has 0 spiro atoms. The first kappa shape index (κ1) is 11.9. The Labute approximate surface area is 102 Å². The SMILES string of the molecule is CCc1nnc(Cl)n1C1CCCC(C)(C)C1. The maximum atomic E-state index is 6.14. The smallest absolute Gasteiger partial charge is 0.225 e. The van der Waals surface area contributed by atoms with Crippen LogP contribution in [0.25, 0.3) is 0 Å². The first-order valence-electron chi connectivity index (χ1n) is 6.13. The fourth-order valence-electron chi connectivity index (χ4n) is 2.78. The monoisotopic (exact) mass is 241 g/mol. The van der Waals surface area contributed by atoms with Gasteiger partial charge in [-0.25, -0.2) is 0 Å². The number of aromatic nitrogens is 3. The van der Waals surface area contributed by atoms with Crippen molar-refractivity contribution in [2.24, 2.45) is 5.41 Å². The predicted octanol–water partition coefficient (Wildman–Crippen LogP) is 3.64. The first-order chi connectivity index (χ1) is 7.53. The quantitative estimate of drug-likeness (QED) is 0.792. The second-order valence-electron chi connectivity index (χ2n) is 5.52. The lowest BCUT2D eigenvalue weighted by molar-refractivity contribution is 0.181. The van der Waals surface area contributed by atoms with Gasteiger partial charge < -0.3 is 0 Å². The van der Waals surface area contributed by atoms with Gasteiger partial charge in [-0.1, -0.05) is 27.2 Å². The van der Waals surface area contributed by atoms with Crippen molar-refractivity contribution in [3.8, 4) is 0 Å². The van der Waals surface area contributed by atoms with Crippen molar-refractivity contribution in [2.45, 2.75) is 58.9 Å². The number of aryl methyl sites for hydroxylation is 1. The summed E-state index contributed by atoms with van der Waals surface area (Å²) in [6, 6.07) is 0.487. The molecule has 1 aromatic rings. The van der Waals surface area contributed by atoms with Crippen molar-refractivity contribution in [1.82, 2.24) is 14.8 Å². The van der Waals surface area contributed by atoms with Crippen LogP contribution in [0.5, 0.6) is 0 Å². The number of hydrogen-bond donors (Lipinski definition) is 0. The largest absolute Gasteiger partial charge is 0.299 e. The second kappa shape index (κ2) is 4.36. The molecule has 0 amide bonds. The van der Waals surface area contributed by atoms with Crippen LogP contribution >= 0.6 is 11.6 Å². The van der Waals surface area contributed by atoms with E-state index in [9.17, 15) is 0 Å². The van der Waals surface area contributed by atoms with Gasteiger partial charge in [0, 0.05) is 12.5 Å². The highest BCUT2D eigenvalue weighted by atomic mass is 35.5. The summed E-state index contributed by atoms with van der Waals surface area (Å²) < 4.78 is 2.14. The van der Waals surface area contributed by atoms with Crippen LogP contribution in [0.15, 0.2) is 0 Å². The Kier molecular flexibility index (Phi) is 3.24. The summed E-state index contributed by atoms with van der Waals surface area (Å²) in [7, 11) is 0. The van der Waals surface area contributed by atoms with Crippen molar-refractivity contribution in [2.75, 3.05) is 0 Å². The molecule has 3 nitrogen and oxygen atoms in total. The first-order valence-corrected chi connectivity index (χ1v) is 6.50. The van der Waals surface area contributed by atoms with Crippen LogP contribution in [0.3, 0.4) is 0 Å². The number of hydrogen-bond acceptors (Lipinski definition) is 2. The topological polar surface area (TPSA) is 30.7 Å². The van der Waals surface area contributed by atoms with E-state index in [-0.39, 0.29) is 0 Å². The molecular formula is C12H20ClN3. The van der Waals surface area contributed by atoms with Gasteiger partial charge >= 0.3 is 0 Å². The number of rotatable bonds is 2. The van der Waals surface area contributed by atoms with Crippen LogP contribution < -0.4 is 0 Å². The summed E-state index contributed by atoms with van der Waals surface area (Å²) in [5, 5.41) is 8.68. The van der Waals surface area contributed by atoms with Crippen molar-refractivity contribution in [3.63, 3.8) is 0 Å². The maximum absolute atomic E-state index is 6.14. The Bertz CT molecular complexity index is 370. The van der Waals surface area contributed by atoms with Crippen LogP contribution in [0.1, 0.15) is 58.3 Å². The van der Waals surface area contributed by atoms with Crippen LogP contribution in [0.4, 0.5) is 0 Å². The molecule has 16 heavy (non-hydrogen) atoms. The molecule has 90 valence electrons. The van der Waals surface area contributed by atoms with E-state index in [4.69, 9.17) is 11.6 Å². The van der Waals surface area contributed by atoms with Gasteiger partial charge in [0.25, 0.3) is 0 Å². The third-order valence-corrected chi connectivity index (χ3v) is 3.84. The Balaban J connectivity index is 2.26. The minimum absolute atomic E-state index is 0.418. The summed E-state index contributed by atoms with van der Waals surface area (Å²) in [6.07, 6.45) is 5.86. The van der Waals surface area contributed by atoms with Crippen molar-refractivity contribution in [3.05, 3.63) is 11.1 Å². The molecule has 1 atom stereocenters. The summed E-state index contributed by atoms with van der Waals surface area (Å²) in [4.78, 5) is 0. The summed E-state index contributed by atoms with van der Waals surface area (Å²) in [5.41, 5.74) is 0.418. The molecule has 0 aromatic carbocycles. The summed E-state index contributed by atoms with van der Waals surface area (Å²) in [5.74, 6) is 1.02. The van der Waals surface area contributed by atoms with E-state index in [1.807, 2.05) is 0 Å². The second-order valence-corrected chi connectivity index (χ2v) is 5.86. The summed E-state index contributed by atoms with van der Waals surface area (Å²) >= 11 is 6.14. The molecule has 1 unspecified atom stereocenters. The van der Waals surface area contributed by atoms with Crippen LogP contribution in [0.2, 0.25) is 5.28 Å².